The fourth-order valence-electron chi connectivity index (χ4n) is 4.58. The molecule has 2 aliphatic heterocycles. The zero-order valence-corrected chi connectivity index (χ0v) is 20.8. The number of methoxy groups -OCH3 is 1. The van der Waals surface area contributed by atoms with E-state index < -0.39 is 0 Å². The summed E-state index contributed by atoms with van der Waals surface area (Å²) < 4.78 is 11.2. The van der Waals surface area contributed by atoms with Crippen LogP contribution in [0, 0.1) is 0 Å². The van der Waals surface area contributed by atoms with Crippen molar-refractivity contribution in [1.82, 2.24) is 14.9 Å². The van der Waals surface area contributed by atoms with Crippen molar-refractivity contribution in [3.63, 3.8) is 0 Å². The average Bonchev–Trinajstić information content (AvgIpc) is 3.44. The zero-order valence-electron chi connectivity index (χ0n) is 20.0. The number of para-hydroxylation sites is 3. The van der Waals surface area contributed by atoms with Gasteiger partial charge in [-0.3, -0.25) is 4.79 Å². The Morgan fingerprint density at radius 1 is 1.11 bits per heavy atom. The summed E-state index contributed by atoms with van der Waals surface area (Å²) >= 11 is 1.39. The number of fused-ring (bicyclic) bond motifs is 1. The molecule has 2 fully saturated rings. The summed E-state index contributed by atoms with van der Waals surface area (Å²) in [5.74, 6) is 2.09. The molecule has 2 saturated heterocycles. The molecule has 2 aromatic carbocycles. The molecule has 0 radical (unpaired) electrons. The fraction of sp³-hybridized carbons (Fsp3) is 0.423. The normalized spacial score (nSPS) is 18.1. The van der Waals surface area contributed by atoms with Crippen LogP contribution in [0.25, 0.3) is 10.9 Å². The summed E-state index contributed by atoms with van der Waals surface area (Å²) in [5, 5.41) is 5.04. The molecule has 0 aliphatic carbocycles. The highest BCUT2D eigenvalue weighted by Crippen LogP contribution is 2.29. The number of nitrogens with zero attached hydrogens (tertiary/aromatic N) is 4. The number of rotatable bonds is 8. The molecule has 0 spiro atoms. The van der Waals surface area contributed by atoms with Gasteiger partial charge in [0.2, 0.25) is 5.91 Å². The molecule has 35 heavy (non-hydrogen) atoms. The van der Waals surface area contributed by atoms with E-state index in [1.807, 2.05) is 47.4 Å². The number of carbonyl (C=O) groups is 1. The van der Waals surface area contributed by atoms with Crippen molar-refractivity contribution in [3.8, 4) is 5.75 Å². The number of anilines is 2. The molecule has 1 N–H and O–H groups in total. The largest absolute Gasteiger partial charge is 0.495 e. The quantitative estimate of drug-likeness (QED) is 0.376. The maximum Gasteiger partial charge on any atom is 0.233 e. The van der Waals surface area contributed by atoms with Crippen LogP contribution in [0.5, 0.6) is 5.75 Å². The van der Waals surface area contributed by atoms with Gasteiger partial charge >= 0.3 is 0 Å². The van der Waals surface area contributed by atoms with Crippen LogP contribution in [0.3, 0.4) is 0 Å². The first-order chi connectivity index (χ1) is 17.2. The van der Waals surface area contributed by atoms with Gasteiger partial charge in [0, 0.05) is 44.7 Å². The number of hydrogen-bond donors (Lipinski definition) is 1. The highest BCUT2D eigenvalue weighted by Gasteiger charge is 2.23. The van der Waals surface area contributed by atoms with Gasteiger partial charge in [0.25, 0.3) is 0 Å². The minimum atomic E-state index is 0.111. The van der Waals surface area contributed by atoms with E-state index in [-0.39, 0.29) is 12.0 Å². The van der Waals surface area contributed by atoms with Gasteiger partial charge in [0.15, 0.2) is 5.16 Å². The summed E-state index contributed by atoms with van der Waals surface area (Å²) in [5.41, 5.74) is 1.95. The Labute approximate surface area is 210 Å². The van der Waals surface area contributed by atoms with E-state index in [2.05, 4.69) is 16.3 Å². The van der Waals surface area contributed by atoms with Crippen LogP contribution < -0.4 is 15.0 Å². The lowest BCUT2D eigenvalue weighted by molar-refractivity contribution is -0.128. The standard InChI is InChI=1S/C26H31N5O3S/c1-33-23-11-5-4-10-22(23)30-12-14-31(15-13-30)24(32)18-35-26-28-21-9-3-2-8-20(21)25(29-26)27-17-19-7-6-16-34-19/h2-5,8-11,19H,6-7,12-18H2,1H3,(H,27,28,29)/t19-/m0/s1. The Morgan fingerprint density at radius 3 is 2.71 bits per heavy atom. The Hall–Kier alpha value is -3.04. The van der Waals surface area contributed by atoms with Crippen molar-refractivity contribution in [3.05, 3.63) is 48.5 Å². The molecule has 1 atom stereocenters. The van der Waals surface area contributed by atoms with Crippen molar-refractivity contribution >= 4 is 40.1 Å². The van der Waals surface area contributed by atoms with E-state index in [0.717, 1.165) is 67.2 Å². The third-order valence-corrected chi connectivity index (χ3v) is 7.32. The Balaban J connectivity index is 1.19. The van der Waals surface area contributed by atoms with Crippen LogP contribution in [0.4, 0.5) is 11.5 Å². The van der Waals surface area contributed by atoms with Crippen LogP contribution in [-0.2, 0) is 9.53 Å². The highest BCUT2D eigenvalue weighted by molar-refractivity contribution is 7.99. The van der Waals surface area contributed by atoms with E-state index in [1.165, 1.54) is 11.8 Å². The van der Waals surface area contributed by atoms with Gasteiger partial charge < -0.3 is 24.6 Å². The topological polar surface area (TPSA) is 79.8 Å². The second-order valence-corrected chi connectivity index (χ2v) is 9.66. The fourth-order valence-corrected chi connectivity index (χ4v) is 5.33. The van der Waals surface area contributed by atoms with Gasteiger partial charge in [-0.15, -0.1) is 0 Å². The van der Waals surface area contributed by atoms with Crippen LogP contribution in [0.1, 0.15) is 12.8 Å². The Kier molecular flexibility index (Phi) is 7.54. The molecule has 3 heterocycles. The van der Waals surface area contributed by atoms with Crippen molar-refractivity contribution < 1.29 is 14.3 Å². The number of aromatic nitrogens is 2. The number of nitrogens with one attached hydrogen (secondary N) is 1. The summed E-state index contributed by atoms with van der Waals surface area (Å²) in [6.07, 6.45) is 2.39. The first-order valence-corrected chi connectivity index (χ1v) is 13.1. The van der Waals surface area contributed by atoms with Gasteiger partial charge in [-0.05, 0) is 37.1 Å². The smallest absolute Gasteiger partial charge is 0.233 e. The molecule has 1 aromatic heterocycles. The molecule has 0 unspecified atom stereocenters. The lowest BCUT2D eigenvalue weighted by atomic mass is 10.2. The van der Waals surface area contributed by atoms with E-state index in [4.69, 9.17) is 19.4 Å². The summed E-state index contributed by atoms with van der Waals surface area (Å²) in [6, 6.07) is 16.0. The number of ether oxygens (including phenoxy) is 2. The molecule has 0 saturated carbocycles. The van der Waals surface area contributed by atoms with E-state index in [1.54, 1.807) is 7.11 Å². The molecule has 1 amide bonds. The van der Waals surface area contributed by atoms with Gasteiger partial charge in [-0.2, -0.15) is 0 Å². The number of thioether (sulfide) groups is 1. The second kappa shape index (κ2) is 11.1. The Bertz CT molecular complexity index is 1160. The molecule has 184 valence electrons. The summed E-state index contributed by atoms with van der Waals surface area (Å²) in [6.45, 7) is 4.48. The molecule has 2 aliphatic rings. The zero-order chi connectivity index (χ0) is 24.0. The lowest BCUT2D eigenvalue weighted by Crippen LogP contribution is -2.49. The molecular weight excluding hydrogens is 462 g/mol. The van der Waals surface area contributed by atoms with Crippen molar-refractivity contribution in [2.75, 3.05) is 62.4 Å². The SMILES string of the molecule is COc1ccccc1N1CCN(C(=O)CSc2nc(NC[C@@H]3CCCO3)c3ccccc3n2)CC1. The maximum atomic E-state index is 13.0. The maximum absolute atomic E-state index is 13.0. The van der Waals surface area contributed by atoms with Crippen LogP contribution in [0.15, 0.2) is 53.7 Å². The lowest BCUT2D eigenvalue weighted by Gasteiger charge is -2.36. The predicted molar refractivity (Wildman–Crippen MR) is 140 cm³/mol. The molecule has 3 aromatic rings. The van der Waals surface area contributed by atoms with Gasteiger partial charge in [0.1, 0.15) is 11.6 Å². The molecular formula is C26H31N5O3S. The van der Waals surface area contributed by atoms with Crippen LogP contribution in [0.2, 0.25) is 0 Å². The van der Waals surface area contributed by atoms with Crippen molar-refractivity contribution in [2.45, 2.75) is 24.1 Å². The van der Waals surface area contributed by atoms with E-state index in [0.29, 0.717) is 24.0 Å². The molecule has 5 rings (SSSR count). The van der Waals surface area contributed by atoms with E-state index in [9.17, 15) is 4.79 Å². The molecule has 9 heteroatoms. The number of piperazine rings is 1. The van der Waals surface area contributed by atoms with Crippen molar-refractivity contribution in [2.24, 2.45) is 0 Å². The average molecular weight is 494 g/mol. The second-order valence-electron chi connectivity index (χ2n) is 8.72. The van der Waals surface area contributed by atoms with Gasteiger partial charge in [-0.25, -0.2) is 9.97 Å². The minimum Gasteiger partial charge on any atom is -0.495 e. The predicted octanol–water partition coefficient (Wildman–Crippen LogP) is 3.67. The van der Waals surface area contributed by atoms with Gasteiger partial charge in [-0.1, -0.05) is 36.0 Å². The van der Waals surface area contributed by atoms with Gasteiger partial charge in [0.05, 0.1) is 30.2 Å². The highest BCUT2D eigenvalue weighted by atomic mass is 32.2. The summed E-state index contributed by atoms with van der Waals surface area (Å²) in [7, 11) is 1.69. The number of hydrogen-bond acceptors (Lipinski definition) is 8. The number of amides is 1. The number of benzene rings is 2. The van der Waals surface area contributed by atoms with Crippen LogP contribution in [-0.4, -0.2) is 79.1 Å². The number of carbonyl (C=O) groups excluding carboxylic acids is 1. The van der Waals surface area contributed by atoms with Crippen molar-refractivity contribution in [1.29, 1.82) is 0 Å². The molecule has 8 nitrogen and oxygen atoms in total. The minimum absolute atomic E-state index is 0.111. The third kappa shape index (κ3) is 5.62. The van der Waals surface area contributed by atoms with Crippen LogP contribution >= 0.6 is 11.8 Å². The summed E-state index contributed by atoms with van der Waals surface area (Å²) in [4.78, 5) is 26.6. The first-order valence-electron chi connectivity index (χ1n) is 12.1. The third-order valence-electron chi connectivity index (χ3n) is 6.49. The monoisotopic (exact) mass is 493 g/mol. The molecule has 0 bridgehead atoms. The van der Waals surface area contributed by atoms with E-state index >= 15 is 0 Å². The Morgan fingerprint density at radius 2 is 1.91 bits per heavy atom. The first kappa shape index (κ1) is 23.7.